The van der Waals surface area contributed by atoms with E-state index >= 15 is 0 Å². The van der Waals surface area contributed by atoms with Crippen LogP contribution < -0.4 is 15.5 Å². The third kappa shape index (κ3) is 3.91. The van der Waals surface area contributed by atoms with Crippen molar-refractivity contribution in [2.45, 2.75) is 13.8 Å². The van der Waals surface area contributed by atoms with Crippen molar-refractivity contribution >= 4 is 17.3 Å². The molecule has 0 fully saturated rings. The van der Waals surface area contributed by atoms with Gasteiger partial charge in [-0.2, -0.15) is 0 Å². The minimum absolute atomic E-state index is 0.0530. The van der Waals surface area contributed by atoms with Crippen molar-refractivity contribution < 1.29 is 4.79 Å². The summed E-state index contributed by atoms with van der Waals surface area (Å²) in [5.74, 6) is 0.000405. The van der Waals surface area contributed by atoms with Gasteiger partial charge in [0.05, 0.1) is 29.7 Å². The van der Waals surface area contributed by atoms with Crippen LogP contribution in [0, 0.1) is 5.92 Å². The van der Waals surface area contributed by atoms with Gasteiger partial charge in [-0.15, -0.1) is 0 Å². The van der Waals surface area contributed by atoms with Gasteiger partial charge in [0.25, 0.3) is 0 Å². The molecule has 5 heteroatoms. The molecule has 18 heavy (non-hydrogen) atoms. The highest BCUT2D eigenvalue weighted by Crippen LogP contribution is 2.17. The zero-order chi connectivity index (χ0) is 13.5. The number of pyridine rings is 1. The smallest absolute Gasteiger partial charge is 0.224 e. The molecule has 1 aromatic heterocycles. The summed E-state index contributed by atoms with van der Waals surface area (Å²) in [5.41, 5.74) is 2.00. The quantitative estimate of drug-likeness (QED) is 0.800. The molecule has 0 aliphatic rings. The Morgan fingerprint density at radius 2 is 2.22 bits per heavy atom. The van der Waals surface area contributed by atoms with Gasteiger partial charge in [-0.3, -0.25) is 9.78 Å². The van der Waals surface area contributed by atoms with Crippen LogP contribution in [0.2, 0.25) is 0 Å². The molecule has 1 heterocycles. The standard InChI is InChI=1S/C13H22N4O/c1-5-16-11-6-12(8-15-7-11)17(4)9-10(2)13(18)14-3/h6-8,10,16H,5,9H2,1-4H3,(H,14,18). The molecule has 1 aromatic rings. The second-order valence-corrected chi connectivity index (χ2v) is 4.36. The molecule has 0 bridgehead atoms. The third-order valence-corrected chi connectivity index (χ3v) is 2.79. The van der Waals surface area contributed by atoms with E-state index in [9.17, 15) is 4.79 Å². The van der Waals surface area contributed by atoms with E-state index in [-0.39, 0.29) is 11.8 Å². The van der Waals surface area contributed by atoms with Crippen molar-refractivity contribution in [2.24, 2.45) is 5.92 Å². The zero-order valence-corrected chi connectivity index (χ0v) is 11.5. The fraction of sp³-hybridized carbons (Fsp3) is 0.538. The molecular formula is C13H22N4O. The number of carbonyl (C=O) groups is 1. The number of carbonyl (C=O) groups excluding carboxylic acids is 1. The van der Waals surface area contributed by atoms with Crippen LogP contribution in [0.3, 0.4) is 0 Å². The lowest BCUT2D eigenvalue weighted by Gasteiger charge is -2.22. The van der Waals surface area contributed by atoms with Crippen molar-refractivity contribution in [3.8, 4) is 0 Å². The van der Waals surface area contributed by atoms with Gasteiger partial charge in [0.15, 0.2) is 0 Å². The molecular weight excluding hydrogens is 228 g/mol. The number of nitrogens with one attached hydrogen (secondary N) is 2. The van der Waals surface area contributed by atoms with Crippen LogP contribution in [0.15, 0.2) is 18.5 Å². The van der Waals surface area contributed by atoms with Gasteiger partial charge in [0.1, 0.15) is 0 Å². The average molecular weight is 250 g/mol. The zero-order valence-electron chi connectivity index (χ0n) is 11.5. The molecule has 0 saturated heterocycles. The molecule has 2 N–H and O–H groups in total. The lowest BCUT2D eigenvalue weighted by atomic mass is 10.1. The second-order valence-electron chi connectivity index (χ2n) is 4.36. The molecule has 1 unspecified atom stereocenters. The number of nitrogens with zero attached hydrogens (tertiary/aromatic N) is 2. The van der Waals surface area contributed by atoms with Crippen molar-refractivity contribution in [1.29, 1.82) is 0 Å². The molecule has 5 nitrogen and oxygen atoms in total. The summed E-state index contributed by atoms with van der Waals surface area (Å²) in [4.78, 5) is 17.7. The third-order valence-electron chi connectivity index (χ3n) is 2.79. The summed E-state index contributed by atoms with van der Waals surface area (Å²) in [6, 6.07) is 2.03. The van der Waals surface area contributed by atoms with E-state index < -0.39 is 0 Å². The van der Waals surface area contributed by atoms with Crippen LogP contribution in [0.25, 0.3) is 0 Å². The minimum atomic E-state index is -0.0530. The second kappa shape index (κ2) is 6.83. The number of hydrogen-bond donors (Lipinski definition) is 2. The molecule has 1 atom stereocenters. The Balaban J connectivity index is 2.68. The fourth-order valence-electron chi connectivity index (χ4n) is 1.78. The van der Waals surface area contributed by atoms with Gasteiger partial charge in [-0.1, -0.05) is 6.92 Å². The maximum absolute atomic E-state index is 11.5. The van der Waals surface area contributed by atoms with Crippen LogP contribution >= 0.6 is 0 Å². The highest BCUT2D eigenvalue weighted by atomic mass is 16.1. The Kier molecular flexibility index (Phi) is 5.42. The van der Waals surface area contributed by atoms with Gasteiger partial charge < -0.3 is 15.5 Å². The minimum Gasteiger partial charge on any atom is -0.384 e. The number of hydrogen-bond acceptors (Lipinski definition) is 4. The Morgan fingerprint density at radius 1 is 1.50 bits per heavy atom. The number of amides is 1. The van der Waals surface area contributed by atoms with Crippen molar-refractivity contribution in [3.05, 3.63) is 18.5 Å². The Hall–Kier alpha value is -1.78. The molecule has 0 aromatic carbocycles. The summed E-state index contributed by atoms with van der Waals surface area (Å²) in [5, 5.41) is 5.88. The van der Waals surface area contributed by atoms with E-state index in [1.165, 1.54) is 0 Å². The fourth-order valence-corrected chi connectivity index (χ4v) is 1.78. The largest absolute Gasteiger partial charge is 0.384 e. The van der Waals surface area contributed by atoms with E-state index in [0.717, 1.165) is 17.9 Å². The van der Waals surface area contributed by atoms with Crippen molar-refractivity contribution in [3.63, 3.8) is 0 Å². The molecule has 0 aliphatic heterocycles. The molecule has 0 radical (unpaired) electrons. The number of rotatable bonds is 6. The SMILES string of the molecule is CCNc1cncc(N(C)CC(C)C(=O)NC)c1. The highest BCUT2D eigenvalue weighted by molar-refractivity contribution is 5.78. The van der Waals surface area contributed by atoms with E-state index in [1.54, 1.807) is 19.4 Å². The van der Waals surface area contributed by atoms with Gasteiger partial charge in [-0.25, -0.2) is 0 Å². The maximum atomic E-state index is 11.5. The van der Waals surface area contributed by atoms with Gasteiger partial charge >= 0.3 is 0 Å². The molecule has 100 valence electrons. The van der Waals surface area contributed by atoms with Crippen LogP contribution in [-0.4, -0.2) is 38.1 Å². The molecule has 0 saturated carbocycles. The molecule has 1 amide bonds. The van der Waals surface area contributed by atoms with Gasteiger partial charge in [-0.05, 0) is 13.0 Å². The molecule has 0 spiro atoms. The van der Waals surface area contributed by atoms with Crippen LogP contribution in [0.4, 0.5) is 11.4 Å². The number of anilines is 2. The summed E-state index contributed by atoms with van der Waals surface area (Å²) < 4.78 is 0. The Bertz CT molecular complexity index is 394. The van der Waals surface area contributed by atoms with Gasteiger partial charge in [0, 0.05) is 27.2 Å². The summed E-state index contributed by atoms with van der Waals surface area (Å²) in [7, 11) is 3.62. The Labute approximate surface area is 109 Å². The monoisotopic (exact) mass is 250 g/mol. The van der Waals surface area contributed by atoms with Gasteiger partial charge in [0.2, 0.25) is 5.91 Å². The first kappa shape index (κ1) is 14.3. The van der Waals surface area contributed by atoms with Crippen molar-refractivity contribution in [2.75, 3.05) is 37.4 Å². The average Bonchev–Trinajstić information content (AvgIpc) is 2.38. The normalized spacial score (nSPS) is 11.8. The van der Waals surface area contributed by atoms with Crippen molar-refractivity contribution in [1.82, 2.24) is 10.3 Å². The molecule has 1 rings (SSSR count). The van der Waals surface area contributed by atoms with E-state index in [0.29, 0.717) is 6.54 Å². The van der Waals surface area contributed by atoms with E-state index in [1.807, 2.05) is 31.9 Å². The summed E-state index contributed by atoms with van der Waals surface area (Å²) >= 11 is 0. The Morgan fingerprint density at radius 3 is 2.83 bits per heavy atom. The highest BCUT2D eigenvalue weighted by Gasteiger charge is 2.14. The first-order chi connectivity index (χ1) is 8.58. The predicted octanol–water partition coefficient (Wildman–Crippen LogP) is 1.33. The maximum Gasteiger partial charge on any atom is 0.224 e. The first-order valence-corrected chi connectivity index (χ1v) is 6.20. The first-order valence-electron chi connectivity index (χ1n) is 6.20. The summed E-state index contributed by atoms with van der Waals surface area (Å²) in [6.07, 6.45) is 3.60. The van der Waals surface area contributed by atoms with Crippen LogP contribution in [0.5, 0.6) is 0 Å². The molecule has 0 aliphatic carbocycles. The lowest BCUT2D eigenvalue weighted by molar-refractivity contribution is -0.123. The van der Waals surface area contributed by atoms with Crippen LogP contribution in [0.1, 0.15) is 13.8 Å². The predicted molar refractivity (Wildman–Crippen MR) is 74.9 cm³/mol. The van der Waals surface area contributed by atoms with E-state index in [2.05, 4.69) is 15.6 Å². The lowest BCUT2D eigenvalue weighted by Crippen LogP contribution is -2.34. The summed E-state index contributed by atoms with van der Waals surface area (Å²) in [6.45, 7) is 5.49. The topological polar surface area (TPSA) is 57.3 Å². The van der Waals surface area contributed by atoms with E-state index in [4.69, 9.17) is 0 Å². The van der Waals surface area contributed by atoms with Crippen LogP contribution in [-0.2, 0) is 4.79 Å². The number of aromatic nitrogens is 1.